The van der Waals surface area contributed by atoms with Crippen molar-refractivity contribution >= 4 is 32.3 Å². The first-order valence-electron chi connectivity index (χ1n) is 8.73. The van der Waals surface area contributed by atoms with E-state index in [0.29, 0.717) is 26.6 Å². The summed E-state index contributed by atoms with van der Waals surface area (Å²) in [6, 6.07) is 9.45. The van der Waals surface area contributed by atoms with Gasteiger partial charge in [0.2, 0.25) is 5.82 Å². The molecule has 144 valence electrons. The molecule has 2 N–H and O–H groups in total. The van der Waals surface area contributed by atoms with Gasteiger partial charge in [-0.25, -0.2) is 4.39 Å². The lowest BCUT2D eigenvalue weighted by molar-refractivity contribution is 0.375. The van der Waals surface area contributed by atoms with Crippen LogP contribution < -0.4 is 15.6 Å². The Bertz CT molecular complexity index is 1250. The quantitative estimate of drug-likeness (QED) is 0.508. The molecule has 4 rings (SSSR count). The maximum Gasteiger partial charge on any atom is 0.266 e. The molecule has 0 saturated heterocycles. The fourth-order valence-corrected chi connectivity index (χ4v) is 4.27. The molecule has 0 spiro atoms. The third-order valence-corrected chi connectivity index (χ3v) is 5.97. The monoisotopic (exact) mass is 400 g/mol. The van der Waals surface area contributed by atoms with E-state index < -0.39 is 17.2 Å². The molecule has 2 aromatic carbocycles. The highest BCUT2D eigenvalue weighted by Crippen LogP contribution is 2.43. The van der Waals surface area contributed by atoms with Crippen molar-refractivity contribution in [3.05, 3.63) is 63.3 Å². The van der Waals surface area contributed by atoms with Crippen molar-refractivity contribution in [2.45, 2.75) is 13.0 Å². The van der Waals surface area contributed by atoms with Crippen LogP contribution in [0.2, 0.25) is 0 Å². The highest BCUT2D eigenvalue weighted by molar-refractivity contribution is 7.17. The van der Waals surface area contributed by atoms with Crippen molar-refractivity contribution < 1.29 is 13.5 Å². The summed E-state index contributed by atoms with van der Waals surface area (Å²) in [4.78, 5) is 14.8. The molecule has 0 fully saturated rings. The summed E-state index contributed by atoms with van der Waals surface area (Å²) >= 11 is 1.26. The summed E-state index contributed by atoms with van der Waals surface area (Å²) in [5.41, 5.74) is 1.56. The van der Waals surface area contributed by atoms with Crippen molar-refractivity contribution in [2.75, 3.05) is 14.2 Å². The van der Waals surface area contributed by atoms with Crippen molar-refractivity contribution in [3.63, 3.8) is 0 Å². The van der Waals surface area contributed by atoms with Crippen LogP contribution in [-0.2, 0) is 0 Å². The largest absolute Gasteiger partial charge is 0.493 e. The number of aromatic amines is 1. The zero-order valence-electron chi connectivity index (χ0n) is 15.5. The Hall–Kier alpha value is -2.77. The molecule has 0 radical (unpaired) electrons. The minimum absolute atomic E-state index is 0.151. The predicted molar refractivity (Wildman–Crippen MR) is 109 cm³/mol. The van der Waals surface area contributed by atoms with E-state index in [1.54, 1.807) is 11.4 Å². The van der Waals surface area contributed by atoms with Crippen LogP contribution in [0, 0.1) is 11.6 Å². The summed E-state index contributed by atoms with van der Waals surface area (Å²) in [5.74, 6) is -2.43. The van der Waals surface area contributed by atoms with Gasteiger partial charge in [0.05, 0.1) is 12.6 Å². The van der Waals surface area contributed by atoms with Gasteiger partial charge in [0, 0.05) is 22.4 Å². The van der Waals surface area contributed by atoms with E-state index in [1.807, 2.05) is 38.2 Å². The topological polar surface area (TPSA) is 54.1 Å². The van der Waals surface area contributed by atoms with E-state index >= 15 is 0 Å². The number of thiophene rings is 1. The maximum atomic E-state index is 14.8. The second kappa shape index (κ2) is 7.00. The first-order chi connectivity index (χ1) is 13.5. The highest BCUT2D eigenvalue weighted by atomic mass is 32.1. The molecule has 0 bridgehead atoms. The number of methoxy groups -OCH3 is 1. The molecule has 2 aromatic heterocycles. The van der Waals surface area contributed by atoms with E-state index in [2.05, 4.69) is 10.3 Å². The Morgan fingerprint density at radius 3 is 2.50 bits per heavy atom. The van der Waals surface area contributed by atoms with E-state index in [-0.39, 0.29) is 17.3 Å². The van der Waals surface area contributed by atoms with Crippen molar-refractivity contribution in [1.29, 1.82) is 0 Å². The van der Waals surface area contributed by atoms with Gasteiger partial charge in [0.15, 0.2) is 11.6 Å². The molecule has 1 atom stereocenters. The Kier molecular flexibility index (Phi) is 4.64. The molecule has 28 heavy (non-hydrogen) atoms. The molecule has 7 heteroatoms. The minimum Gasteiger partial charge on any atom is -0.493 e. The number of H-pyrrole nitrogens is 1. The number of aromatic nitrogens is 1. The molecule has 4 aromatic rings. The third-order valence-electron chi connectivity index (χ3n) is 5.05. The molecule has 0 saturated carbocycles. The fourth-order valence-electron chi connectivity index (χ4n) is 3.48. The van der Waals surface area contributed by atoms with Crippen LogP contribution in [0.1, 0.15) is 18.5 Å². The fraction of sp³-hybridized carbons (Fsp3) is 0.190. The zero-order valence-corrected chi connectivity index (χ0v) is 16.3. The molecule has 4 nitrogen and oxygen atoms in total. The number of ether oxygens (including phenoxy) is 1. The molecule has 1 unspecified atom stereocenters. The van der Waals surface area contributed by atoms with Gasteiger partial charge in [0.1, 0.15) is 4.70 Å². The van der Waals surface area contributed by atoms with Crippen LogP contribution in [-0.4, -0.2) is 19.1 Å². The molecule has 0 amide bonds. The zero-order chi connectivity index (χ0) is 20.0. The summed E-state index contributed by atoms with van der Waals surface area (Å²) in [6.45, 7) is 2.03. The lowest BCUT2D eigenvalue weighted by atomic mass is 9.95. The normalized spacial score (nSPS) is 12.6. The molecular weight excluding hydrogens is 382 g/mol. The maximum absolute atomic E-state index is 14.8. The minimum atomic E-state index is -1.12. The van der Waals surface area contributed by atoms with E-state index in [0.717, 1.165) is 5.56 Å². The van der Waals surface area contributed by atoms with Crippen molar-refractivity contribution in [1.82, 2.24) is 10.3 Å². The van der Waals surface area contributed by atoms with Gasteiger partial charge in [-0.1, -0.05) is 24.3 Å². The predicted octanol–water partition coefficient (Wildman–Crippen LogP) is 4.98. The number of fused-ring (bicyclic) bond motifs is 3. The number of hydrogen-bond donors (Lipinski definition) is 2. The summed E-state index contributed by atoms with van der Waals surface area (Å²) in [5, 5.41) is 5.93. The smallest absolute Gasteiger partial charge is 0.266 e. The summed E-state index contributed by atoms with van der Waals surface area (Å²) in [7, 11) is 3.18. The Labute approximate surface area is 163 Å². The molecular formula is C21H18F2N2O2S. The van der Waals surface area contributed by atoms with E-state index in [4.69, 9.17) is 4.74 Å². The van der Waals surface area contributed by atoms with Gasteiger partial charge in [-0.15, -0.1) is 11.3 Å². The van der Waals surface area contributed by atoms with Crippen molar-refractivity contribution in [3.8, 4) is 16.9 Å². The Morgan fingerprint density at radius 2 is 1.86 bits per heavy atom. The molecule has 0 aliphatic carbocycles. The lowest BCUT2D eigenvalue weighted by Crippen LogP contribution is -2.12. The number of benzene rings is 2. The van der Waals surface area contributed by atoms with Gasteiger partial charge in [-0.3, -0.25) is 4.79 Å². The average molecular weight is 400 g/mol. The number of hydrogen-bond acceptors (Lipinski definition) is 4. The number of nitrogens with one attached hydrogen (secondary N) is 2. The number of pyridine rings is 1. The van der Waals surface area contributed by atoms with Gasteiger partial charge >= 0.3 is 0 Å². The van der Waals surface area contributed by atoms with Gasteiger partial charge in [0.25, 0.3) is 5.56 Å². The average Bonchev–Trinajstić information content (AvgIpc) is 3.21. The summed E-state index contributed by atoms with van der Waals surface area (Å²) < 4.78 is 35.2. The van der Waals surface area contributed by atoms with Crippen LogP contribution >= 0.6 is 11.3 Å². The van der Waals surface area contributed by atoms with Gasteiger partial charge < -0.3 is 15.0 Å². The lowest BCUT2D eigenvalue weighted by Gasteiger charge is -2.16. The molecule has 2 heterocycles. The highest BCUT2D eigenvalue weighted by Gasteiger charge is 2.25. The molecule has 0 aliphatic rings. The van der Waals surface area contributed by atoms with Gasteiger partial charge in [-0.05, 0) is 36.5 Å². The van der Waals surface area contributed by atoms with E-state index in [1.165, 1.54) is 18.4 Å². The first-order valence-corrected chi connectivity index (χ1v) is 9.61. The molecule has 0 aliphatic heterocycles. The second-order valence-electron chi connectivity index (χ2n) is 6.54. The van der Waals surface area contributed by atoms with Crippen LogP contribution in [0.4, 0.5) is 8.78 Å². The SMILES string of the molecule is CNC(C)c1ccc(-c2c(OC)c(F)c(F)c3[nH]c(=O)c4sccc4c23)cc1. The van der Waals surface area contributed by atoms with E-state index in [9.17, 15) is 13.6 Å². The van der Waals surface area contributed by atoms with Crippen molar-refractivity contribution in [2.24, 2.45) is 0 Å². The standard InChI is InChI=1S/C21H18F2N2O2S/c1-10(24-2)11-4-6-12(7-5-11)14-15-13-8-9-28-20(13)21(26)25-18(15)16(22)17(23)19(14)27-3/h4-10,24H,1-3H3,(H,25,26). The number of rotatable bonds is 4. The Balaban J connectivity index is 2.13. The van der Waals surface area contributed by atoms with Gasteiger partial charge in [-0.2, -0.15) is 4.39 Å². The van der Waals surface area contributed by atoms with Crippen LogP contribution in [0.25, 0.3) is 32.1 Å². The number of halogens is 2. The summed E-state index contributed by atoms with van der Waals surface area (Å²) in [6.07, 6.45) is 0. The van der Waals surface area contributed by atoms with Crippen LogP contribution in [0.3, 0.4) is 0 Å². The third kappa shape index (κ3) is 2.70. The second-order valence-corrected chi connectivity index (χ2v) is 7.45. The van der Waals surface area contributed by atoms with Crippen LogP contribution in [0.15, 0.2) is 40.5 Å². The first kappa shape index (κ1) is 18.6. The van der Waals surface area contributed by atoms with Crippen LogP contribution in [0.5, 0.6) is 5.75 Å². The Morgan fingerprint density at radius 1 is 1.14 bits per heavy atom.